The lowest BCUT2D eigenvalue weighted by atomic mass is 9.96. The van der Waals surface area contributed by atoms with E-state index in [4.69, 9.17) is 28.4 Å². The second-order valence-corrected chi connectivity index (χ2v) is 16.9. The van der Waals surface area contributed by atoms with E-state index in [9.17, 15) is 61.0 Å². The van der Waals surface area contributed by atoms with E-state index in [2.05, 4.69) is 31.3 Å². The number of aliphatic hydroxyl groups is 11. The molecule has 0 aromatic heterocycles. The van der Waals surface area contributed by atoms with Gasteiger partial charge in [-0.2, -0.15) is 0 Å². The van der Waals surface area contributed by atoms with Crippen molar-refractivity contribution in [3.63, 3.8) is 0 Å². The molecule has 0 aromatic rings. The first kappa shape index (κ1) is 54.9. The minimum atomic E-state index is -1.97. The van der Waals surface area contributed by atoms with Crippen molar-refractivity contribution in [2.45, 2.75) is 227 Å². The van der Waals surface area contributed by atoms with Crippen LogP contribution in [0.2, 0.25) is 0 Å². The van der Waals surface area contributed by atoms with E-state index in [-0.39, 0.29) is 18.9 Å². The summed E-state index contributed by atoms with van der Waals surface area (Å²) in [4.78, 5) is 13.1. The van der Waals surface area contributed by atoms with Crippen LogP contribution < -0.4 is 5.32 Å². The lowest BCUT2D eigenvalue weighted by Crippen LogP contribution is -2.66. The largest absolute Gasteiger partial charge is 0.394 e. The highest BCUT2D eigenvalue weighted by atomic mass is 16.8. The minimum Gasteiger partial charge on any atom is -0.394 e. The van der Waals surface area contributed by atoms with Crippen LogP contribution in [0.1, 0.15) is 123 Å². The highest BCUT2D eigenvalue weighted by Gasteiger charge is 2.53. The third-order valence-corrected chi connectivity index (χ3v) is 11.8. The van der Waals surface area contributed by atoms with Crippen LogP contribution in [0.4, 0.5) is 0 Å². The molecule has 364 valence electrons. The van der Waals surface area contributed by atoms with Gasteiger partial charge < -0.3 is 89.9 Å². The van der Waals surface area contributed by atoms with E-state index in [0.29, 0.717) is 12.8 Å². The van der Waals surface area contributed by atoms with E-state index >= 15 is 0 Å². The quantitative estimate of drug-likeness (QED) is 0.0320. The van der Waals surface area contributed by atoms with Crippen molar-refractivity contribution in [3.8, 4) is 0 Å². The SMILES string of the molecule is CCCC/C=C\CCCCCCCC(=O)NC(COC1OC(CO)C(OC2OC(CO)C(OC3OC(CO)C(O)C(O)C3O)C(O)C2O)C(O)C1O)C(O)CCCCCCCC. The summed E-state index contributed by atoms with van der Waals surface area (Å²) in [5.41, 5.74) is 0. The maximum absolute atomic E-state index is 13.1. The number of carbonyl (C=O) groups excluding carboxylic acids is 1. The number of aliphatic hydroxyl groups excluding tert-OH is 11. The topological polar surface area (TPSA) is 307 Å². The number of allylic oxidation sites excluding steroid dienone is 2. The summed E-state index contributed by atoms with van der Waals surface area (Å²) in [5.74, 6) is -0.262. The van der Waals surface area contributed by atoms with Crippen molar-refractivity contribution >= 4 is 5.91 Å². The molecule has 0 aliphatic carbocycles. The number of amides is 1. The average molecular weight is 898 g/mol. The van der Waals surface area contributed by atoms with Crippen molar-refractivity contribution in [1.29, 1.82) is 0 Å². The molecule has 1 amide bonds. The number of ether oxygens (including phenoxy) is 6. The first-order chi connectivity index (χ1) is 29.8. The molecule has 19 nitrogen and oxygen atoms in total. The van der Waals surface area contributed by atoms with Gasteiger partial charge in [0.2, 0.25) is 5.91 Å². The summed E-state index contributed by atoms with van der Waals surface area (Å²) in [5, 5.41) is 119. The molecular weight excluding hydrogens is 818 g/mol. The zero-order valence-electron chi connectivity index (χ0n) is 36.6. The molecule has 3 saturated heterocycles. The smallest absolute Gasteiger partial charge is 0.220 e. The van der Waals surface area contributed by atoms with Gasteiger partial charge in [-0.1, -0.05) is 96.6 Å². The molecule has 0 aromatic carbocycles. The highest BCUT2D eigenvalue weighted by Crippen LogP contribution is 2.33. The van der Waals surface area contributed by atoms with Crippen LogP contribution in [0.15, 0.2) is 12.2 Å². The predicted octanol–water partition coefficient (Wildman–Crippen LogP) is -0.475. The number of nitrogens with one attached hydrogen (secondary N) is 1. The van der Waals surface area contributed by atoms with Gasteiger partial charge in [0.05, 0.1) is 38.6 Å². The molecule has 0 bridgehead atoms. The fourth-order valence-electron chi connectivity index (χ4n) is 7.88. The lowest BCUT2D eigenvalue weighted by Gasteiger charge is -2.48. The van der Waals surface area contributed by atoms with E-state index in [1.165, 1.54) is 12.8 Å². The normalized spacial score (nSPS) is 35.3. The molecule has 0 saturated carbocycles. The second kappa shape index (κ2) is 29.9. The zero-order chi connectivity index (χ0) is 45.6. The second-order valence-electron chi connectivity index (χ2n) is 16.9. The van der Waals surface area contributed by atoms with Gasteiger partial charge in [-0.3, -0.25) is 4.79 Å². The van der Waals surface area contributed by atoms with Crippen molar-refractivity contribution < 1.29 is 89.4 Å². The maximum atomic E-state index is 13.1. The molecule has 19 heteroatoms. The van der Waals surface area contributed by atoms with E-state index < -0.39 is 124 Å². The Morgan fingerprint density at radius 3 is 1.61 bits per heavy atom. The summed E-state index contributed by atoms with van der Waals surface area (Å²) in [6.45, 7) is 1.60. The molecule has 3 aliphatic rings. The molecule has 3 aliphatic heterocycles. The van der Waals surface area contributed by atoms with Crippen molar-refractivity contribution in [2.75, 3.05) is 26.4 Å². The Morgan fingerprint density at radius 1 is 0.565 bits per heavy atom. The molecule has 3 rings (SSSR count). The van der Waals surface area contributed by atoms with Gasteiger partial charge >= 0.3 is 0 Å². The van der Waals surface area contributed by atoms with Crippen molar-refractivity contribution in [1.82, 2.24) is 5.32 Å². The Balaban J connectivity index is 1.58. The van der Waals surface area contributed by atoms with Crippen LogP contribution >= 0.6 is 0 Å². The summed E-state index contributed by atoms with van der Waals surface area (Å²) in [6.07, 6.45) is -6.08. The fourth-order valence-corrected chi connectivity index (χ4v) is 7.88. The summed E-state index contributed by atoms with van der Waals surface area (Å²) < 4.78 is 33.9. The van der Waals surface area contributed by atoms with Gasteiger partial charge in [0, 0.05) is 6.42 Å². The van der Waals surface area contributed by atoms with Crippen LogP contribution in [0.25, 0.3) is 0 Å². The first-order valence-corrected chi connectivity index (χ1v) is 22.9. The van der Waals surface area contributed by atoms with Gasteiger partial charge in [0.15, 0.2) is 18.9 Å². The van der Waals surface area contributed by atoms with Crippen LogP contribution in [0, 0.1) is 0 Å². The number of hydrogen-bond acceptors (Lipinski definition) is 18. The average Bonchev–Trinajstić information content (AvgIpc) is 3.26. The molecule has 0 spiro atoms. The Hall–Kier alpha value is -1.47. The Labute approximate surface area is 365 Å². The molecule has 62 heavy (non-hydrogen) atoms. The van der Waals surface area contributed by atoms with Crippen LogP contribution in [-0.4, -0.2) is 193 Å². The lowest BCUT2D eigenvalue weighted by molar-refractivity contribution is -0.379. The van der Waals surface area contributed by atoms with Crippen molar-refractivity contribution in [3.05, 3.63) is 12.2 Å². The molecule has 3 fully saturated rings. The molecule has 17 unspecified atom stereocenters. The Morgan fingerprint density at radius 2 is 1.03 bits per heavy atom. The van der Waals surface area contributed by atoms with E-state index in [1.807, 2.05) is 0 Å². The number of carbonyl (C=O) groups is 1. The zero-order valence-corrected chi connectivity index (χ0v) is 36.6. The fraction of sp³-hybridized carbons (Fsp3) is 0.930. The Kier molecular flexibility index (Phi) is 26.5. The number of rotatable bonds is 30. The highest BCUT2D eigenvalue weighted by molar-refractivity contribution is 5.76. The first-order valence-electron chi connectivity index (χ1n) is 22.9. The van der Waals surface area contributed by atoms with Crippen LogP contribution in [0.5, 0.6) is 0 Å². The summed E-state index contributed by atoms with van der Waals surface area (Å²) in [6, 6.07) is -0.882. The van der Waals surface area contributed by atoms with Gasteiger partial charge in [-0.25, -0.2) is 0 Å². The third-order valence-electron chi connectivity index (χ3n) is 11.8. The van der Waals surface area contributed by atoms with Gasteiger partial charge in [0.25, 0.3) is 0 Å². The maximum Gasteiger partial charge on any atom is 0.220 e. The minimum absolute atomic E-state index is 0.256. The number of hydrogen-bond donors (Lipinski definition) is 12. The van der Waals surface area contributed by atoms with Crippen LogP contribution in [0.3, 0.4) is 0 Å². The Bertz CT molecular complexity index is 1220. The van der Waals surface area contributed by atoms with Gasteiger partial charge in [-0.05, 0) is 32.1 Å². The van der Waals surface area contributed by atoms with E-state index in [1.54, 1.807) is 0 Å². The monoisotopic (exact) mass is 898 g/mol. The third kappa shape index (κ3) is 17.1. The standard InChI is InChI=1S/C43H79NO18/c1-3-5-7-9-11-12-13-14-15-17-19-21-31(49)44-26(27(48)20-18-16-10-8-6-4-2)25-57-41-37(55)34(52)39(29(23-46)59-41)62-43-38(56)35(53)40(30(24-47)60-43)61-42-36(54)33(51)32(50)28(22-45)58-42/h9,11,26-30,32-43,45-48,50-56H,3-8,10,12-25H2,1-2H3,(H,44,49)/b11-9-. The molecule has 0 radical (unpaired) electrons. The molecular formula is C43H79NO18. The van der Waals surface area contributed by atoms with Gasteiger partial charge in [0.1, 0.15) is 73.2 Å². The summed E-state index contributed by atoms with van der Waals surface area (Å²) in [7, 11) is 0. The van der Waals surface area contributed by atoms with E-state index in [0.717, 1.165) is 77.0 Å². The van der Waals surface area contributed by atoms with Gasteiger partial charge in [-0.15, -0.1) is 0 Å². The molecule has 17 atom stereocenters. The van der Waals surface area contributed by atoms with Crippen LogP contribution in [-0.2, 0) is 33.2 Å². The molecule has 3 heterocycles. The van der Waals surface area contributed by atoms with Crippen molar-refractivity contribution in [2.24, 2.45) is 0 Å². The number of unbranched alkanes of at least 4 members (excludes halogenated alkanes) is 12. The predicted molar refractivity (Wildman–Crippen MR) is 222 cm³/mol. The molecule has 12 N–H and O–H groups in total. The summed E-state index contributed by atoms with van der Waals surface area (Å²) >= 11 is 0.